The molecule has 1 aromatic heterocycles. The number of phenols is 1. The number of fused-ring (bicyclic) bond motifs is 1. The number of hydrogen-bond donors (Lipinski definition) is 1. The maximum Gasteiger partial charge on any atom is 0.254 e. The number of phenolic OH excluding ortho intramolecular Hbond substituents is 1. The summed E-state index contributed by atoms with van der Waals surface area (Å²) in [5.41, 5.74) is 1.21. The van der Waals surface area contributed by atoms with Gasteiger partial charge in [-0.2, -0.15) is 5.10 Å². The third kappa shape index (κ3) is 2.77. The smallest absolute Gasteiger partial charge is 0.254 e. The summed E-state index contributed by atoms with van der Waals surface area (Å²) in [4.78, 5) is 28.2. The summed E-state index contributed by atoms with van der Waals surface area (Å²) >= 11 is 0. The quantitative estimate of drug-likeness (QED) is 0.892. The molecule has 0 saturated heterocycles. The second-order valence-corrected chi connectivity index (χ2v) is 5.75. The highest BCUT2D eigenvalue weighted by atomic mass is 16.3. The molecule has 2 heterocycles. The Morgan fingerprint density at radius 1 is 1.30 bits per heavy atom. The first kappa shape index (κ1) is 15.1. The first-order valence-electron chi connectivity index (χ1n) is 7.29. The van der Waals surface area contributed by atoms with E-state index in [4.69, 9.17) is 0 Å². The minimum Gasteiger partial charge on any atom is -0.508 e. The van der Waals surface area contributed by atoms with Crippen molar-refractivity contribution in [3.63, 3.8) is 0 Å². The number of aromatic hydroxyl groups is 1. The van der Waals surface area contributed by atoms with Gasteiger partial charge in [0, 0.05) is 25.9 Å². The van der Waals surface area contributed by atoms with Gasteiger partial charge in [0.15, 0.2) is 0 Å². The van der Waals surface area contributed by atoms with Gasteiger partial charge >= 0.3 is 0 Å². The summed E-state index contributed by atoms with van der Waals surface area (Å²) in [5, 5.41) is 13.8. The van der Waals surface area contributed by atoms with Crippen molar-refractivity contribution in [2.24, 2.45) is 0 Å². The van der Waals surface area contributed by atoms with E-state index in [0.29, 0.717) is 12.1 Å². The largest absolute Gasteiger partial charge is 0.508 e. The van der Waals surface area contributed by atoms with E-state index >= 15 is 0 Å². The minimum absolute atomic E-state index is 0.0406. The van der Waals surface area contributed by atoms with Gasteiger partial charge in [-0.15, -0.1) is 0 Å². The van der Waals surface area contributed by atoms with Crippen molar-refractivity contribution in [1.82, 2.24) is 19.6 Å². The molecule has 1 unspecified atom stereocenters. The summed E-state index contributed by atoms with van der Waals surface area (Å²) in [6, 6.07) is 7.48. The summed E-state index contributed by atoms with van der Waals surface area (Å²) in [6.07, 6.45) is 1.63. The number of nitrogens with zero attached hydrogens (tertiary/aromatic N) is 4. The predicted octanol–water partition coefficient (Wildman–Crippen LogP) is 0.874. The summed E-state index contributed by atoms with van der Waals surface area (Å²) in [6.45, 7) is 0.631. The van der Waals surface area contributed by atoms with Crippen LogP contribution in [0.4, 0.5) is 0 Å². The zero-order chi connectivity index (χ0) is 16.6. The van der Waals surface area contributed by atoms with Crippen LogP contribution in [0.3, 0.4) is 0 Å². The molecule has 1 N–H and O–H groups in total. The molecule has 2 aromatic rings. The molecule has 1 aliphatic rings. The minimum atomic E-state index is -0.537. The van der Waals surface area contributed by atoms with Gasteiger partial charge in [-0.3, -0.25) is 14.3 Å². The lowest BCUT2D eigenvalue weighted by Crippen LogP contribution is -2.46. The second-order valence-electron chi connectivity index (χ2n) is 5.75. The van der Waals surface area contributed by atoms with Crippen LogP contribution in [0.15, 0.2) is 36.5 Å². The molecule has 120 valence electrons. The van der Waals surface area contributed by atoms with Crippen LogP contribution >= 0.6 is 0 Å². The van der Waals surface area contributed by atoms with Crippen molar-refractivity contribution in [2.75, 3.05) is 20.6 Å². The Morgan fingerprint density at radius 2 is 2.09 bits per heavy atom. The standard InChI is InChI=1S/C16H18N4O3/c1-18(2)16(23)14-10-19(9-12-6-7-17-20(12)14)15(22)11-4-3-5-13(21)8-11/h3-8,14,21H,9-10H2,1-2H3. The molecule has 0 saturated carbocycles. The molecule has 3 rings (SSSR count). The van der Waals surface area contributed by atoms with Crippen molar-refractivity contribution < 1.29 is 14.7 Å². The fourth-order valence-electron chi connectivity index (χ4n) is 2.75. The number of aromatic nitrogens is 2. The van der Waals surface area contributed by atoms with Crippen LogP contribution in [-0.2, 0) is 11.3 Å². The number of carbonyl (C=O) groups excluding carboxylic acids is 2. The Kier molecular flexibility index (Phi) is 3.77. The average Bonchev–Trinajstić information content (AvgIpc) is 3.00. The SMILES string of the molecule is CN(C)C(=O)C1CN(C(=O)c2cccc(O)c2)Cc2ccnn21. The van der Waals surface area contributed by atoms with Gasteiger partial charge < -0.3 is 14.9 Å². The van der Waals surface area contributed by atoms with Crippen molar-refractivity contribution in [3.05, 3.63) is 47.8 Å². The highest BCUT2D eigenvalue weighted by molar-refractivity contribution is 5.95. The van der Waals surface area contributed by atoms with Crippen molar-refractivity contribution in [3.8, 4) is 5.75 Å². The third-order valence-electron chi connectivity index (χ3n) is 3.90. The van der Waals surface area contributed by atoms with Crippen LogP contribution < -0.4 is 0 Å². The second kappa shape index (κ2) is 5.75. The maximum absolute atomic E-state index is 12.7. The van der Waals surface area contributed by atoms with Gasteiger partial charge in [0.2, 0.25) is 5.91 Å². The first-order chi connectivity index (χ1) is 11.0. The van der Waals surface area contributed by atoms with Crippen LogP contribution in [0.25, 0.3) is 0 Å². The maximum atomic E-state index is 12.7. The van der Waals surface area contributed by atoms with Gasteiger partial charge in [0.1, 0.15) is 11.8 Å². The van der Waals surface area contributed by atoms with E-state index in [0.717, 1.165) is 5.69 Å². The van der Waals surface area contributed by atoms with Crippen LogP contribution in [0.2, 0.25) is 0 Å². The topological polar surface area (TPSA) is 78.7 Å². The van der Waals surface area contributed by atoms with Gasteiger partial charge in [0.05, 0.1) is 18.8 Å². The Balaban J connectivity index is 1.91. The molecule has 0 bridgehead atoms. The lowest BCUT2D eigenvalue weighted by Gasteiger charge is -2.34. The summed E-state index contributed by atoms with van der Waals surface area (Å²) < 4.78 is 1.68. The highest BCUT2D eigenvalue weighted by Crippen LogP contribution is 2.24. The molecule has 7 nitrogen and oxygen atoms in total. The highest BCUT2D eigenvalue weighted by Gasteiger charge is 2.34. The lowest BCUT2D eigenvalue weighted by atomic mass is 10.1. The molecule has 7 heteroatoms. The molecule has 2 amide bonds. The normalized spacial score (nSPS) is 16.8. The van der Waals surface area contributed by atoms with Crippen LogP contribution in [0.5, 0.6) is 5.75 Å². The van der Waals surface area contributed by atoms with E-state index in [1.807, 2.05) is 0 Å². The Hall–Kier alpha value is -2.83. The number of likely N-dealkylation sites (N-methyl/N-ethyl adjacent to an activating group) is 1. The van der Waals surface area contributed by atoms with Crippen molar-refractivity contribution >= 4 is 11.8 Å². The van der Waals surface area contributed by atoms with Crippen molar-refractivity contribution in [1.29, 1.82) is 0 Å². The number of carbonyl (C=O) groups is 2. The number of hydrogen-bond acceptors (Lipinski definition) is 4. The number of rotatable bonds is 2. The molecule has 0 aliphatic carbocycles. The molecular formula is C16H18N4O3. The lowest BCUT2D eigenvalue weighted by molar-refractivity contribution is -0.133. The van der Waals surface area contributed by atoms with E-state index in [9.17, 15) is 14.7 Å². The fourth-order valence-corrected chi connectivity index (χ4v) is 2.75. The van der Waals surface area contributed by atoms with E-state index in [-0.39, 0.29) is 24.1 Å². The Morgan fingerprint density at radius 3 is 2.78 bits per heavy atom. The summed E-state index contributed by atoms with van der Waals surface area (Å²) in [5.74, 6) is -0.285. The van der Waals surface area contributed by atoms with Crippen LogP contribution in [0, 0.1) is 0 Å². The molecule has 1 atom stereocenters. The number of benzene rings is 1. The number of amides is 2. The Labute approximate surface area is 133 Å². The monoisotopic (exact) mass is 314 g/mol. The molecule has 1 aliphatic heterocycles. The van der Waals surface area contributed by atoms with E-state index in [1.165, 1.54) is 17.0 Å². The molecule has 0 spiro atoms. The molecule has 1 aromatic carbocycles. The van der Waals surface area contributed by atoms with E-state index in [2.05, 4.69) is 5.10 Å². The fraction of sp³-hybridized carbons (Fsp3) is 0.312. The average molecular weight is 314 g/mol. The Bertz CT molecular complexity index is 753. The van der Waals surface area contributed by atoms with Gasteiger partial charge in [0.25, 0.3) is 5.91 Å². The van der Waals surface area contributed by atoms with Crippen LogP contribution in [0.1, 0.15) is 22.1 Å². The zero-order valence-electron chi connectivity index (χ0n) is 13.0. The predicted molar refractivity (Wildman–Crippen MR) is 82.8 cm³/mol. The molecule has 0 radical (unpaired) electrons. The molecule has 0 fully saturated rings. The first-order valence-corrected chi connectivity index (χ1v) is 7.29. The molecule has 23 heavy (non-hydrogen) atoms. The molecular weight excluding hydrogens is 296 g/mol. The van der Waals surface area contributed by atoms with Crippen molar-refractivity contribution in [2.45, 2.75) is 12.6 Å². The van der Waals surface area contributed by atoms with Gasteiger partial charge in [-0.1, -0.05) is 6.07 Å². The van der Waals surface area contributed by atoms with Gasteiger partial charge in [-0.05, 0) is 24.3 Å². The van der Waals surface area contributed by atoms with Gasteiger partial charge in [-0.25, -0.2) is 0 Å². The summed E-state index contributed by atoms with van der Waals surface area (Å²) in [7, 11) is 3.36. The third-order valence-corrected chi connectivity index (χ3v) is 3.90. The zero-order valence-corrected chi connectivity index (χ0v) is 13.0. The van der Waals surface area contributed by atoms with Crippen LogP contribution in [-0.4, -0.2) is 57.1 Å². The van der Waals surface area contributed by atoms with E-state index < -0.39 is 6.04 Å². The van der Waals surface area contributed by atoms with E-state index in [1.54, 1.807) is 48.1 Å².